The van der Waals surface area contributed by atoms with E-state index >= 15 is 0 Å². The number of likely N-dealkylation sites (N-methyl/N-ethyl adjacent to an activating group) is 1. The number of phenols is 2. The van der Waals surface area contributed by atoms with Crippen molar-refractivity contribution in [2.24, 2.45) is 0 Å². The fourth-order valence-corrected chi connectivity index (χ4v) is 6.00. The van der Waals surface area contributed by atoms with E-state index in [0.29, 0.717) is 0 Å². The van der Waals surface area contributed by atoms with Gasteiger partial charge in [-0.15, -0.1) is 0 Å². The molecule has 12 nitrogen and oxygen atoms in total. The summed E-state index contributed by atoms with van der Waals surface area (Å²) in [6.45, 7) is 0.631. The highest BCUT2D eigenvalue weighted by molar-refractivity contribution is 6.31. The molecule has 1 heterocycles. The Balaban J connectivity index is 1.68. The van der Waals surface area contributed by atoms with Gasteiger partial charge in [0, 0.05) is 42.0 Å². The number of ketones is 3. The lowest BCUT2D eigenvalue weighted by atomic mass is 9.72. The highest BCUT2D eigenvalue weighted by atomic mass is 16.7. The van der Waals surface area contributed by atoms with Crippen molar-refractivity contribution in [1.29, 1.82) is 0 Å². The number of Topliss-reactive ketones (excluding diaryl/α,β-unsaturated/α-hetero) is 1. The van der Waals surface area contributed by atoms with Gasteiger partial charge in [-0.3, -0.25) is 14.4 Å². The molecule has 6 N–H and O–H groups in total. The van der Waals surface area contributed by atoms with E-state index in [2.05, 4.69) is 5.32 Å². The molecule has 0 bridgehead atoms. The zero-order chi connectivity index (χ0) is 29.1. The summed E-state index contributed by atoms with van der Waals surface area (Å²) in [6.07, 6.45) is -4.66. The Bertz CT molecular complexity index is 1410. The molecule has 2 aliphatic carbocycles. The fraction of sp³-hybridized carbons (Fsp3) is 0.464. The number of nitrogens with one attached hydrogen (secondary N) is 1. The van der Waals surface area contributed by atoms with Crippen molar-refractivity contribution in [3.63, 3.8) is 0 Å². The summed E-state index contributed by atoms with van der Waals surface area (Å²) < 4.78 is 17.2. The van der Waals surface area contributed by atoms with Gasteiger partial charge in [-0.1, -0.05) is 12.1 Å². The Morgan fingerprint density at radius 2 is 1.85 bits per heavy atom. The Hall–Kier alpha value is -3.39. The van der Waals surface area contributed by atoms with Crippen molar-refractivity contribution in [2.75, 3.05) is 20.8 Å². The van der Waals surface area contributed by atoms with Gasteiger partial charge in [-0.2, -0.15) is 0 Å². The van der Waals surface area contributed by atoms with E-state index < -0.39 is 95.7 Å². The van der Waals surface area contributed by atoms with Crippen molar-refractivity contribution in [3.05, 3.63) is 51.6 Å². The van der Waals surface area contributed by atoms with Crippen molar-refractivity contribution >= 4 is 17.3 Å². The zero-order valence-corrected chi connectivity index (χ0v) is 22.1. The van der Waals surface area contributed by atoms with Gasteiger partial charge in [0.15, 0.2) is 17.9 Å². The number of carbonyl (C=O) groups is 3. The number of hydrogen-bond acceptors (Lipinski definition) is 12. The lowest BCUT2D eigenvalue weighted by molar-refractivity contribution is -0.249. The number of phenolic OH excluding ortho intramolecular Hbond substituents is 2. The molecule has 2 aromatic carbocycles. The molecule has 0 amide bonds. The molecule has 1 aliphatic heterocycles. The van der Waals surface area contributed by atoms with Crippen LogP contribution in [0.15, 0.2) is 18.2 Å². The van der Waals surface area contributed by atoms with Crippen LogP contribution < -0.4 is 10.1 Å². The Morgan fingerprint density at radius 1 is 1.15 bits per heavy atom. The van der Waals surface area contributed by atoms with Crippen LogP contribution in [0.4, 0.5) is 0 Å². The molecule has 12 heteroatoms. The lowest BCUT2D eigenvalue weighted by Crippen LogP contribution is -2.53. The van der Waals surface area contributed by atoms with Gasteiger partial charge in [0.25, 0.3) is 0 Å². The van der Waals surface area contributed by atoms with Gasteiger partial charge in [0.05, 0.1) is 42.1 Å². The third-order valence-corrected chi connectivity index (χ3v) is 8.13. The first kappa shape index (κ1) is 28.1. The molecule has 3 aliphatic rings. The van der Waals surface area contributed by atoms with Gasteiger partial charge >= 0.3 is 0 Å². The van der Waals surface area contributed by atoms with Gasteiger partial charge in [0.1, 0.15) is 29.5 Å². The SMILES string of the molecule is CN[C@@H]1C[C@H](O[C@H]2C[C@](O)(C(=O)CO)Cc3c(O)c4c(c(O)c32)C(=O)c2c(OC)cccc2C4=O)OC(C)[C@@H]1O. The van der Waals surface area contributed by atoms with E-state index in [9.17, 15) is 39.9 Å². The molecule has 0 aromatic heterocycles. The van der Waals surface area contributed by atoms with Gasteiger partial charge < -0.3 is 45.1 Å². The molecule has 6 atom stereocenters. The number of ether oxygens (including phenoxy) is 3. The van der Waals surface area contributed by atoms with Gasteiger partial charge in [-0.05, 0) is 20.0 Å². The topological polar surface area (TPSA) is 192 Å². The van der Waals surface area contributed by atoms with Crippen LogP contribution in [0.5, 0.6) is 17.2 Å². The van der Waals surface area contributed by atoms with E-state index in [1.807, 2.05) is 0 Å². The number of aromatic hydroxyl groups is 2. The number of rotatable bonds is 6. The molecule has 0 radical (unpaired) electrons. The number of aliphatic hydroxyl groups is 3. The van der Waals surface area contributed by atoms with Crippen molar-refractivity contribution in [3.8, 4) is 17.2 Å². The molecule has 0 spiro atoms. The summed E-state index contributed by atoms with van der Waals surface area (Å²) in [4.78, 5) is 39.9. The molecular formula is C28H31NO11. The maximum absolute atomic E-state index is 13.7. The predicted octanol–water partition coefficient (Wildman–Crippen LogP) is 0.262. The second-order valence-corrected chi connectivity index (χ2v) is 10.4. The summed E-state index contributed by atoms with van der Waals surface area (Å²) in [6, 6.07) is 3.96. The minimum atomic E-state index is -2.23. The van der Waals surface area contributed by atoms with Gasteiger partial charge in [-0.25, -0.2) is 0 Å². The molecule has 2 aromatic rings. The maximum atomic E-state index is 13.7. The standard InChI is InChI=1S/C28H31NO11/c1-11-23(32)14(29-2)7-18(39-11)40-16-9-28(37,17(31)10-30)8-13-20(16)27(36)22-21(25(13)34)24(33)12-5-4-6-15(38-3)19(12)26(22)35/h4-6,11,14,16,18,23,29-30,32,34,36-37H,7-10H2,1-3H3/t11?,14-,16+,18+,23+,28+/m1/s1. The quantitative estimate of drug-likeness (QED) is 0.227. The summed E-state index contributed by atoms with van der Waals surface area (Å²) in [5.74, 6) is -3.69. The second kappa shape index (κ2) is 10.2. The number of methoxy groups -OCH3 is 1. The van der Waals surface area contributed by atoms with E-state index in [1.54, 1.807) is 14.0 Å². The third kappa shape index (κ3) is 4.19. The smallest absolute Gasteiger partial charge is 0.202 e. The van der Waals surface area contributed by atoms with Crippen LogP contribution in [-0.2, 0) is 20.7 Å². The van der Waals surface area contributed by atoms with Crippen molar-refractivity contribution < 1.29 is 54.1 Å². The highest BCUT2D eigenvalue weighted by Gasteiger charge is 2.50. The second-order valence-electron chi connectivity index (χ2n) is 10.4. The molecule has 0 saturated carbocycles. The van der Waals surface area contributed by atoms with E-state index in [-0.39, 0.29) is 34.4 Å². The summed E-state index contributed by atoms with van der Waals surface area (Å²) in [7, 11) is 2.99. The fourth-order valence-electron chi connectivity index (χ4n) is 6.00. The largest absolute Gasteiger partial charge is 0.507 e. The summed E-state index contributed by atoms with van der Waals surface area (Å²) in [5, 5.41) is 57.1. The number of aliphatic hydroxyl groups excluding tert-OH is 2. The monoisotopic (exact) mass is 557 g/mol. The highest BCUT2D eigenvalue weighted by Crippen LogP contribution is 2.52. The number of benzene rings is 2. The Labute approximate surface area is 229 Å². The molecule has 1 unspecified atom stereocenters. The zero-order valence-electron chi connectivity index (χ0n) is 22.1. The molecule has 40 heavy (non-hydrogen) atoms. The third-order valence-electron chi connectivity index (χ3n) is 8.13. The lowest BCUT2D eigenvalue weighted by Gasteiger charge is -2.42. The molecule has 214 valence electrons. The number of fused-ring (bicyclic) bond motifs is 3. The van der Waals surface area contributed by atoms with Crippen LogP contribution in [0.3, 0.4) is 0 Å². The summed E-state index contributed by atoms with van der Waals surface area (Å²) >= 11 is 0. The van der Waals surface area contributed by atoms with Crippen molar-refractivity contribution in [1.82, 2.24) is 5.32 Å². The number of carbonyl (C=O) groups excluding carboxylic acids is 3. The van der Waals surface area contributed by atoms with Crippen molar-refractivity contribution in [2.45, 2.75) is 62.4 Å². The average Bonchev–Trinajstić information content (AvgIpc) is 2.94. The minimum Gasteiger partial charge on any atom is -0.507 e. The minimum absolute atomic E-state index is 0.0435. The average molecular weight is 558 g/mol. The molecule has 1 fully saturated rings. The van der Waals surface area contributed by atoms with E-state index in [1.165, 1.54) is 25.3 Å². The van der Waals surface area contributed by atoms with Crippen LogP contribution in [0.1, 0.15) is 68.8 Å². The van der Waals surface area contributed by atoms with Crippen LogP contribution in [0.25, 0.3) is 0 Å². The molecule has 1 saturated heterocycles. The van der Waals surface area contributed by atoms with Crippen LogP contribution in [0.2, 0.25) is 0 Å². The first-order chi connectivity index (χ1) is 19.0. The molecule has 5 rings (SSSR count). The van der Waals surface area contributed by atoms with Crippen LogP contribution in [0, 0.1) is 0 Å². The molecular weight excluding hydrogens is 526 g/mol. The van der Waals surface area contributed by atoms with Gasteiger partial charge in [0.2, 0.25) is 5.78 Å². The number of hydrogen-bond donors (Lipinski definition) is 6. The Kier molecular flexibility index (Phi) is 7.19. The Morgan fingerprint density at radius 3 is 2.50 bits per heavy atom. The van der Waals surface area contributed by atoms with E-state index in [0.717, 1.165) is 0 Å². The maximum Gasteiger partial charge on any atom is 0.202 e. The first-order valence-corrected chi connectivity index (χ1v) is 12.9. The van der Waals surface area contributed by atoms with E-state index in [4.69, 9.17) is 14.2 Å². The van der Waals surface area contributed by atoms with Crippen LogP contribution in [-0.4, -0.2) is 93.8 Å². The summed E-state index contributed by atoms with van der Waals surface area (Å²) in [5.41, 5.74) is -3.52. The van der Waals surface area contributed by atoms with Crippen LogP contribution >= 0.6 is 0 Å². The predicted molar refractivity (Wildman–Crippen MR) is 137 cm³/mol. The normalized spacial score (nSPS) is 29.4. The first-order valence-electron chi connectivity index (χ1n) is 12.9.